The first-order chi connectivity index (χ1) is 14.3. The van der Waals surface area contributed by atoms with Crippen molar-refractivity contribution in [3.05, 3.63) is 71.8 Å². The fraction of sp³-hybridized carbons (Fsp3) is 0.500. The number of amides is 1. The number of benzene rings is 2. The van der Waals surface area contributed by atoms with Crippen molar-refractivity contribution in [1.29, 1.82) is 0 Å². The highest BCUT2D eigenvalue weighted by Gasteiger charge is 2.19. The Morgan fingerprint density at radius 1 is 0.862 bits per heavy atom. The number of nitrogens with one attached hydrogen (secondary N) is 2. The molecule has 3 rings (SSSR count). The van der Waals surface area contributed by atoms with Crippen LogP contribution in [-0.4, -0.2) is 25.0 Å². The van der Waals surface area contributed by atoms with E-state index in [0.717, 1.165) is 64.5 Å². The third kappa shape index (κ3) is 8.41. The second kappa shape index (κ2) is 12.4. The summed E-state index contributed by atoms with van der Waals surface area (Å²) in [5.41, 5.74) is 2.77. The minimum atomic E-state index is 0.251. The van der Waals surface area contributed by atoms with Crippen molar-refractivity contribution < 1.29 is 4.79 Å². The average Bonchev–Trinajstić information content (AvgIpc) is 2.76. The molecule has 1 fully saturated rings. The van der Waals surface area contributed by atoms with E-state index < -0.39 is 0 Å². The van der Waals surface area contributed by atoms with Gasteiger partial charge in [0.1, 0.15) is 0 Å². The van der Waals surface area contributed by atoms with Crippen LogP contribution in [0.15, 0.2) is 60.7 Å². The maximum atomic E-state index is 12.7. The lowest BCUT2D eigenvalue weighted by Crippen LogP contribution is -2.37. The summed E-state index contributed by atoms with van der Waals surface area (Å²) in [5.74, 6) is 0.798. The van der Waals surface area contributed by atoms with E-state index in [-0.39, 0.29) is 11.9 Å². The molecule has 1 aliphatic heterocycles. The first-order valence-corrected chi connectivity index (χ1v) is 11.4. The van der Waals surface area contributed by atoms with Crippen LogP contribution >= 0.6 is 0 Å². The monoisotopic (exact) mass is 392 g/mol. The van der Waals surface area contributed by atoms with Crippen LogP contribution in [0.2, 0.25) is 0 Å². The lowest BCUT2D eigenvalue weighted by Gasteiger charge is -2.24. The van der Waals surface area contributed by atoms with Gasteiger partial charge in [0, 0.05) is 12.5 Å². The van der Waals surface area contributed by atoms with Gasteiger partial charge in [0.25, 0.3) is 0 Å². The van der Waals surface area contributed by atoms with E-state index >= 15 is 0 Å². The molecule has 0 radical (unpaired) electrons. The highest BCUT2D eigenvalue weighted by Crippen LogP contribution is 2.17. The van der Waals surface area contributed by atoms with Crippen LogP contribution in [-0.2, 0) is 17.6 Å². The summed E-state index contributed by atoms with van der Waals surface area (Å²) in [6.45, 7) is 2.10. The smallest absolute Gasteiger partial charge is 0.220 e. The summed E-state index contributed by atoms with van der Waals surface area (Å²) in [4.78, 5) is 12.7. The average molecular weight is 393 g/mol. The SMILES string of the molecule is O=C(CC1CCNCC1)NC(CCCc1ccccc1)CCCc1ccccc1. The molecule has 1 aliphatic rings. The normalized spacial score (nSPS) is 14.8. The van der Waals surface area contributed by atoms with Crippen LogP contribution in [0.5, 0.6) is 0 Å². The summed E-state index contributed by atoms with van der Waals surface area (Å²) < 4.78 is 0. The maximum Gasteiger partial charge on any atom is 0.220 e. The van der Waals surface area contributed by atoms with Crippen LogP contribution in [0.3, 0.4) is 0 Å². The fourth-order valence-corrected chi connectivity index (χ4v) is 4.32. The molecule has 0 spiro atoms. The number of hydrogen-bond acceptors (Lipinski definition) is 2. The standard InChI is InChI=1S/C26H36N2O/c29-26(21-24-17-19-27-20-18-24)28-25(15-7-13-22-9-3-1-4-10-22)16-8-14-23-11-5-2-6-12-23/h1-6,9-12,24-25,27H,7-8,13-21H2,(H,28,29). The number of rotatable bonds is 11. The lowest BCUT2D eigenvalue weighted by molar-refractivity contribution is -0.123. The van der Waals surface area contributed by atoms with Crippen LogP contribution in [0.25, 0.3) is 0 Å². The summed E-state index contributed by atoms with van der Waals surface area (Å²) >= 11 is 0. The second-order valence-electron chi connectivity index (χ2n) is 8.42. The minimum absolute atomic E-state index is 0.251. The zero-order chi connectivity index (χ0) is 20.2. The number of hydrogen-bond donors (Lipinski definition) is 2. The Labute approximate surface area is 176 Å². The molecule has 1 heterocycles. The minimum Gasteiger partial charge on any atom is -0.353 e. The number of aryl methyl sites for hydroxylation is 2. The molecule has 0 saturated carbocycles. The zero-order valence-electron chi connectivity index (χ0n) is 17.6. The number of carbonyl (C=O) groups excluding carboxylic acids is 1. The number of piperidine rings is 1. The van der Waals surface area contributed by atoms with Crippen LogP contribution < -0.4 is 10.6 Å². The Kier molecular flexibility index (Phi) is 9.25. The molecule has 1 saturated heterocycles. The van der Waals surface area contributed by atoms with E-state index in [1.807, 2.05) is 0 Å². The molecule has 2 aromatic rings. The van der Waals surface area contributed by atoms with Gasteiger partial charge >= 0.3 is 0 Å². The van der Waals surface area contributed by atoms with Crippen molar-refractivity contribution in [3.63, 3.8) is 0 Å². The van der Waals surface area contributed by atoms with Crippen LogP contribution in [0.1, 0.15) is 56.1 Å². The molecular formula is C26H36N2O. The van der Waals surface area contributed by atoms with Gasteiger partial charge in [0.2, 0.25) is 5.91 Å². The van der Waals surface area contributed by atoms with Gasteiger partial charge in [-0.15, -0.1) is 0 Å². The highest BCUT2D eigenvalue weighted by atomic mass is 16.1. The first-order valence-electron chi connectivity index (χ1n) is 11.4. The second-order valence-corrected chi connectivity index (χ2v) is 8.42. The van der Waals surface area contributed by atoms with Gasteiger partial charge in [0.05, 0.1) is 0 Å². The molecular weight excluding hydrogens is 356 g/mol. The zero-order valence-corrected chi connectivity index (χ0v) is 17.6. The quantitative estimate of drug-likeness (QED) is 0.571. The Hall–Kier alpha value is -2.13. The van der Waals surface area contributed by atoms with E-state index in [1.165, 1.54) is 11.1 Å². The lowest BCUT2D eigenvalue weighted by atomic mass is 9.93. The van der Waals surface area contributed by atoms with Crippen LogP contribution in [0, 0.1) is 5.92 Å². The predicted octanol–water partition coefficient (Wildman–Crippen LogP) is 4.91. The van der Waals surface area contributed by atoms with Gasteiger partial charge in [-0.3, -0.25) is 4.79 Å². The van der Waals surface area contributed by atoms with Crippen molar-refractivity contribution in [2.75, 3.05) is 13.1 Å². The molecule has 0 bridgehead atoms. The van der Waals surface area contributed by atoms with E-state index in [9.17, 15) is 4.79 Å². The molecule has 3 nitrogen and oxygen atoms in total. The summed E-state index contributed by atoms with van der Waals surface area (Å²) in [5, 5.41) is 6.76. The Bertz CT molecular complexity index is 650. The summed E-state index contributed by atoms with van der Waals surface area (Å²) in [7, 11) is 0. The Morgan fingerprint density at radius 2 is 1.38 bits per heavy atom. The van der Waals surface area contributed by atoms with Crippen molar-refractivity contribution in [2.24, 2.45) is 5.92 Å². The highest BCUT2D eigenvalue weighted by molar-refractivity contribution is 5.76. The van der Waals surface area contributed by atoms with Crippen molar-refractivity contribution in [2.45, 2.75) is 63.8 Å². The van der Waals surface area contributed by atoms with E-state index in [2.05, 4.69) is 71.3 Å². The number of carbonyl (C=O) groups is 1. The summed E-state index contributed by atoms with van der Waals surface area (Å²) in [6, 6.07) is 21.6. The molecule has 0 atom stereocenters. The van der Waals surface area contributed by atoms with E-state index in [4.69, 9.17) is 0 Å². The van der Waals surface area contributed by atoms with Crippen molar-refractivity contribution in [3.8, 4) is 0 Å². The maximum absolute atomic E-state index is 12.7. The van der Waals surface area contributed by atoms with Crippen molar-refractivity contribution in [1.82, 2.24) is 10.6 Å². The first kappa shape index (κ1) is 21.6. The Morgan fingerprint density at radius 3 is 1.90 bits per heavy atom. The van der Waals surface area contributed by atoms with Gasteiger partial charge in [-0.25, -0.2) is 0 Å². The van der Waals surface area contributed by atoms with E-state index in [1.54, 1.807) is 0 Å². The predicted molar refractivity (Wildman–Crippen MR) is 121 cm³/mol. The molecule has 29 heavy (non-hydrogen) atoms. The third-order valence-electron chi connectivity index (χ3n) is 6.02. The molecule has 0 aliphatic carbocycles. The molecule has 3 heteroatoms. The van der Waals surface area contributed by atoms with Crippen molar-refractivity contribution >= 4 is 5.91 Å². The van der Waals surface area contributed by atoms with E-state index in [0.29, 0.717) is 12.3 Å². The molecule has 2 aromatic carbocycles. The molecule has 0 unspecified atom stereocenters. The molecule has 1 amide bonds. The topological polar surface area (TPSA) is 41.1 Å². The third-order valence-corrected chi connectivity index (χ3v) is 6.02. The molecule has 2 N–H and O–H groups in total. The fourth-order valence-electron chi connectivity index (χ4n) is 4.32. The Balaban J connectivity index is 1.46. The summed E-state index contributed by atoms with van der Waals surface area (Å²) in [6.07, 6.45) is 9.46. The van der Waals surface area contributed by atoms with Gasteiger partial charge < -0.3 is 10.6 Å². The van der Waals surface area contributed by atoms with Gasteiger partial charge in [-0.2, -0.15) is 0 Å². The largest absolute Gasteiger partial charge is 0.353 e. The molecule has 0 aromatic heterocycles. The van der Waals surface area contributed by atoms with Crippen LogP contribution in [0.4, 0.5) is 0 Å². The molecule has 156 valence electrons. The van der Waals surface area contributed by atoms with Gasteiger partial charge in [0.15, 0.2) is 0 Å². The van der Waals surface area contributed by atoms with Gasteiger partial charge in [-0.1, -0.05) is 60.7 Å². The van der Waals surface area contributed by atoms with Gasteiger partial charge in [-0.05, 0) is 81.5 Å².